The van der Waals surface area contributed by atoms with Gasteiger partial charge < -0.3 is 0 Å². The van der Waals surface area contributed by atoms with E-state index in [0.717, 1.165) is 6.54 Å². The molecule has 2 aromatic carbocycles. The Morgan fingerprint density at radius 1 is 1.05 bits per heavy atom. The third kappa shape index (κ3) is 2.46. The number of aromatic nitrogens is 2. The van der Waals surface area contributed by atoms with Crippen LogP contribution in [0.1, 0.15) is 22.3 Å². The monoisotopic (exact) mass is 376 g/mol. The number of nitrogens with zero attached hydrogens (tertiary/aromatic N) is 2. The van der Waals surface area contributed by atoms with Crippen LogP contribution in [0.25, 0.3) is 10.9 Å². The van der Waals surface area contributed by atoms with Gasteiger partial charge in [0.05, 0.1) is 18.3 Å². The fourth-order valence-electron chi connectivity index (χ4n) is 2.78. The Morgan fingerprint density at radius 2 is 1.75 bits per heavy atom. The first kappa shape index (κ1) is 13.6. The highest BCUT2D eigenvalue weighted by Gasteiger charge is 2.08. The van der Waals surface area contributed by atoms with Crippen molar-refractivity contribution in [3.63, 3.8) is 0 Å². The van der Waals surface area contributed by atoms with Gasteiger partial charge in [-0.2, -0.15) is 5.10 Å². The molecule has 0 amide bonds. The second kappa shape index (κ2) is 5.20. The molecule has 2 nitrogen and oxygen atoms in total. The average Bonchev–Trinajstić information content (AvgIpc) is 2.76. The largest absolute Gasteiger partial charge is 0.260 e. The van der Waals surface area contributed by atoms with Gasteiger partial charge in [0.25, 0.3) is 0 Å². The van der Waals surface area contributed by atoms with Crippen LogP contribution in [0.2, 0.25) is 0 Å². The van der Waals surface area contributed by atoms with Gasteiger partial charge in [-0.05, 0) is 72.2 Å². The number of hydrogen-bond donors (Lipinski definition) is 0. The Hall–Kier alpha value is -1.36. The van der Waals surface area contributed by atoms with Crippen LogP contribution in [0.4, 0.5) is 0 Å². The Morgan fingerprint density at radius 3 is 2.45 bits per heavy atom. The lowest BCUT2D eigenvalue weighted by molar-refractivity contribution is 0.705. The van der Waals surface area contributed by atoms with Crippen molar-refractivity contribution < 1.29 is 0 Å². The number of benzene rings is 2. The van der Waals surface area contributed by atoms with Crippen LogP contribution in [0.5, 0.6) is 0 Å². The molecule has 3 aromatic rings. The molecule has 3 rings (SSSR count). The topological polar surface area (TPSA) is 17.8 Å². The lowest BCUT2D eigenvalue weighted by Gasteiger charge is -2.12. The molecular formula is C17H17IN2. The lowest BCUT2D eigenvalue weighted by atomic mass is 10.00. The summed E-state index contributed by atoms with van der Waals surface area (Å²) in [6.45, 7) is 7.35. The van der Waals surface area contributed by atoms with Crippen LogP contribution >= 0.6 is 22.6 Å². The van der Waals surface area contributed by atoms with Crippen LogP contribution in [0.15, 0.2) is 36.5 Å². The highest BCUT2D eigenvalue weighted by Crippen LogP contribution is 2.21. The molecule has 0 N–H and O–H groups in total. The summed E-state index contributed by atoms with van der Waals surface area (Å²) >= 11 is 2.35. The first-order chi connectivity index (χ1) is 9.54. The molecule has 0 spiro atoms. The Kier molecular flexibility index (Phi) is 3.54. The maximum absolute atomic E-state index is 4.55. The highest BCUT2D eigenvalue weighted by molar-refractivity contribution is 14.1. The number of halogens is 1. The zero-order chi connectivity index (χ0) is 14.3. The molecule has 0 atom stereocenters. The molecule has 0 saturated carbocycles. The number of aryl methyl sites for hydroxylation is 3. The van der Waals surface area contributed by atoms with E-state index in [1.165, 1.54) is 36.7 Å². The van der Waals surface area contributed by atoms with Crippen LogP contribution in [0.3, 0.4) is 0 Å². The predicted molar refractivity (Wildman–Crippen MR) is 92.2 cm³/mol. The molecule has 0 bridgehead atoms. The Labute approximate surface area is 132 Å². The van der Waals surface area contributed by atoms with Gasteiger partial charge in [0.2, 0.25) is 0 Å². The summed E-state index contributed by atoms with van der Waals surface area (Å²) in [5.74, 6) is 0. The first-order valence-corrected chi connectivity index (χ1v) is 7.80. The maximum Gasteiger partial charge on any atom is 0.0696 e. The quantitative estimate of drug-likeness (QED) is 0.597. The van der Waals surface area contributed by atoms with Crippen molar-refractivity contribution in [3.8, 4) is 0 Å². The number of fused-ring (bicyclic) bond motifs is 1. The number of rotatable bonds is 2. The summed E-state index contributed by atoms with van der Waals surface area (Å²) in [5.41, 5.74) is 6.59. The van der Waals surface area contributed by atoms with E-state index in [1.54, 1.807) is 0 Å². The van der Waals surface area contributed by atoms with E-state index >= 15 is 0 Å². The normalized spacial score (nSPS) is 11.2. The van der Waals surface area contributed by atoms with Gasteiger partial charge in [0.1, 0.15) is 0 Å². The Balaban J connectivity index is 2.08. The van der Waals surface area contributed by atoms with E-state index < -0.39 is 0 Å². The lowest BCUT2D eigenvalue weighted by Crippen LogP contribution is -2.05. The zero-order valence-electron chi connectivity index (χ0n) is 11.9. The summed E-state index contributed by atoms with van der Waals surface area (Å²) < 4.78 is 3.34. The Bertz CT molecular complexity index is 764. The van der Waals surface area contributed by atoms with Gasteiger partial charge in [0.15, 0.2) is 0 Å². The molecule has 102 valence electrons. The molecule has 0 aliphatic heterocycles. The van der Waals surface area contributed by atoms with Crippen molar-refractivity contribution in [2.75, 3.05) is 0 Å². The SMILES string of the molecule is Cc1cc(C)c(Cn2ncc3ccc(I)cc32)c(C)c1. The van der Waals surface area contributed by atoms with Crippen molar-refractivity contribution >= 4 is 33.5 Å². The molecule has 0 unspecified atom stereocenters. The standard InChI is InChI=1S/C17H17IN2/c1-11-6-12(2)16(13(3)7-11)10-20-17-8-15(18)5-4-14(17)9-19-20/h4-9H,10H2,1-3H3. The first-order valence-electron chi connectivity index (χ1n) is 6.72. The van der Waals surface area contributed by atoms with Gasteiger partial charge in [0, 0.05) is 8.96 Å². The maximum atomic E-state index is 4.55. The summed E-state index contributed by atoms with van der Waals surface area (Å²) in [4.78, 5) is 0. The molecule has 0 radical (unpaired) electrons. The average molecular weight is 376 g/mol. The molecular weight excluding hydrogens is 359 g/mol. The summed E-state index contributed by atoms with van der Waals surface area (Å²) in [5, 5.41) is 5.75. The van der Waals surface area contributed by atoms with Crippen LogP contribution in [-0.2, 0) is 6.54 Å². The second-order valence-electron chi connectivity index (χ2n) is 5.38. The minimum absolute atomic E-state index is 0.835. The second-order valence-corrected chi connectivity index (χ2v) is 6.63. The molecule has 1 aromatic heterocycles. The molecule has 0 fully saturated rings. The number of hydrogen-bond acceptors (Lipinski definition) is 1. The molecule has 0 saturated heterocycles. The molecule has 0 aliphatic rings. The van der Waals surface area contributed by atoms with Gasteiger partial charge in [-0.15, -0.1) is 0 Å². The summed E-state index contributed by atoms with van der Waals surface area (Å²) in [7, 11) is 0. The van der Waals surface area contributed by atoms with E-state index in [4.69, 9.17) is 0 Å². The molecule has 20 heavy (non-hydrogen) atoms. The van der Waals surface area contributed by atoms with Gasteiger partial charge in [-0.1, -0.05) is 23.8 Å². The van der Waals surface area contributed by atoms with Crippen molar-refractivity contribution in [3.05, 3.63) is 62.4 Å². The van der Waals surface area contributed by atoms with Gasteiger partial charge in [-0.25, -0.2) is 0 Å². The molecule has 1 heterocycles. The fraction of sp³-hybridized carbons (Fsp3) is 0.235. The van der Waals surface area contributed by atoms with Crippen LogP contribution in [0, 0.1) is 24.3 Å². The minimum atomic E-state index is 0.835. The van der Waals surface area contributed by atoms with E-state index in [2.05, 4.69) is 83.5 Å². The fourth-order valence-corrected chi connectivity index (χ4v) is 3.25. The van der Waals surface area contributed by atoms with E-state index in [0.29, 0.717) is 0 Å². The van der Waals surface area contributed by atoms with Crippen molar-refractivity contribution in [1.29, 1.82) is 0 Å². The third-order valence-electron chi connectivity index (χ3n) is 3.76. The highest BCUT2D eigenvalue weighted by atomic mass is 127. The summed E-state index contributed by atoms with van der Waals surface area (Å²) in [6, 6.07) is 10.9. The predicted octanol–water partition coefficient (Wildman–Crippen LogP) is 4.61. The minimum Gasteiger partial charge on any atom is -0.260 e. The van der Waals surface area contributed by atoms with E-state index in [-0.39, 0.29) is 0 Å². The molecule has 3 heteroatoms. The third-order valence-corrected chi connectivity index (χ3v) is 4.43. The van der Waals surface area contributed by atoms with E-state index in [9.17, 15) is 0 Å². The van der Waals surface area contributed by atoms with Crippen LogP contribution < -0.4 is 0 Å². The van der Waals surface area contributed by atoms with Gasteiger partial charge in [-0.3, -0.25) is 4.68 Å². The van der Waals surface area contributed by atoms with Crippen molar-refractivity contribution in [2.24, 2.45) is 0 Å². The van der Waals surface area contributed by atoms with Crippen LogP contribution in [-0.4, -0.2) is 9.78 Å². The zero-order valence-corrected chi connectivity index (χ0v) is 14.1. The van der Waals surface area contributed by atoms with Crippen molar-refractivity contribution in [2.45, 2.75) is 27.3 Å². The van der Waals surface area contributed by atoms with E-state index in [1.807, 2.05) is 6.20 Å². The van der Waals surface area contributed by atoms with Gasteiger partial charge >= 0.3 is 0 Å². The smallest absolute Gasteiger partial charge is 0.0696 e. The molecule has 0 aliphatic carbocycles. The summed E-state index contributed by atoms with van der Waals surface area (Å²) in [6.07, 6.45) is 1.95. The van der Waals surface area contributed by atoms with Crippen molar-refractivity contribution in [1.82, 2.24) is 9.78 Å².